The standard InChI is InChI=1S/C26H38N4O7/c1-17-14-21(37-28-17)20(24(33)34)15-27-23(32)19-6-5-11-30(16-19)22(31)8-7-18-9-12-29(13-10-18)25(35)36-26(2,3)4/h9,14,19-20H,5-8,10-13,15-16H2,1-4H3,(H,27,32)(H,33,34)/t19-,20+/m1/s1. The number of hydrogen-bond acceptors (Lipinski definition) is 7. The molecule has 2 aliphatic rings. The lowest BCUT2D eigenvalue weighted by atomic mass is 9.95. The lowest BCUT2D eigenvalue weighted by Gasteiger charge is -2.33. The maximum Gasteiger partial charge on any atom is 0.410 e. The highest BCUT2D eigenvalue weighted by Crippen LogP contribution is 2.22. The van der Waals surface area contributed by atoms with Gasteiger partial charge in [-0.05, 0) is 53.4 Å². The van der Waals surface area contributed by atoms with Crippen LogP contribution in [0.4, 0.5) is 4.79 Å². The summed E-state index contributed by atoms with van der Waals surface area (Å²) >= 11 is 0. The Bertz CT molecular complexity index is 1030. The van der Waals surface area contributed by atoms with E-state index in [1.54, 1.807) is 22.8 Å². The summed E-state index contributed by atoms with van der Waals surface area (Å²) in [5.74, 6) is -2.60. The second-order valence-corrected chi connectivity index (χ2v) is 10.7. The highest BCUT2D eigenvalue weighted by Gasteiger charge is 2.31. The third-order valence-corrected chi connectivity index (χ3v) is 6.53. The van der Waals surface area contributed by atoms with E-state index < -0.39 is 17.5 Å². The molecule has 0 bridgehead atoms. The molecular weight excluding hydrogens is 480 g/mol. The summed E-state index contributed by atoms with van der Waals surface area (Å²) in [5.41, 5.74) is 1.17. The lowest BCUT2D eigenvalue weighted by Crippen LogP contribution is -2.46. The van der Waals surface area contributed by atoms with Gasteiger partial charge in [0.25, 0.3) is 0 Å². The molecule has 0 radical (unpaired) electrons. The Morgan fingerprint density at radius 1 is 1.24 bits per heavy atom. The van der Waals surface area contributed by atoms with Crippen molar-refractivity contribution >= 4 is 23.9 Å². The third kappa shape index (κ3) is 8.33. The highest BCUT2D eigenvalue weighted by molar-refractivity contribution is 5.82. The van der Waals surface area contributed by atoms with Crippen molar-refractivity contribution in [3.8, 4) is 0 Å². The average molecular weight is 519 g/mol. The summed E-state index contributed by atoms with van der Waals surface area (Å²) in [7, 11) is 0. The molecule has 0 aliphatic carbocycles. The van der Waals surface area contributed by atoms with E-state index in [1.165, 1.54) is 0 Å². The van der Waals surface area contributed by atoms with Crippen molar-refractivity contribution in [2.75, 3.05) is 32.7 Å². The van der Waals surface area contributed by atoms with E-state index in [2.05, 4.69) is 10.5 Å². The van der Waals surface area contributed by atoms with E-state index in [9.17, 15) is 24.3 Å². The molecule has 2 aliphatic heterocycles. The summed E-state index contributed by atoms with van der Waals surface area (Å²) in [4.78, 5) is 52.9. The van der Waals surface area contributed by atoms with Gasteiger partial charge in [-0.3, -0.25) is 14.4 Å². The van der Waals surface area contributed by atoms with Crippen molar-refractivity contribution in [2.45, 2.75) is 71.3 Å². The van der Waals surface area contributed by atoms with Gasteiger partial charge in [0.1, 0.15) is 11.5 Å². The fraction of sp³-hybridized carbons (Fsp3) is 0.654. The summed E-state index contributed by atoms with van der Waals surface area (Å²) in [6, 6.07) is 1.54. The Kier molecular flexibility index (Phi) is 9.34. The van der Waals surface area contributed by atoms with Gasteiger partial charge in [-0.1, -0.05) is 16.8 Å². The van der Waals surface area contributed by atoms with Crippen LogP contribution in [0.25, 0.3) is 0 Å². The molecule has 11 nitrogen and oxygen atoms in total. The second kappa shape index (κ2) is 12.2. The molecule has 0 spiro atoms. The summed E-state index contributed by atoms with van der Waals surface area (Å²) in [6.45, 7) is 9.04. The van der Waals surface area contributed by atoms with Gasteiger partial charge in [-0.2, -0.15) is 0 Å². The minimum atomic E-state index is -1.11. The number of carbonyl (C=O) groups is 4. The van der Waals surface area contributed by atoms with Gasteiger partial charge in [0.05, 0.1) is 11.6 Å². The molecule has 2 atom stereocenters. The third-order valence-electron chi connectivity index (χ3n) is 6.53. The number of nitrogens with one attached hydrogen (secondary N) is 1. The van der Waals surface area contributed by atoms with Crippen molar-refractivity contribution in [3.05, 3.63) is 29.2 Å². The molecule has 37 heavy (non-hydrogen) atoms. The van der Waals surface area contributed by atoms with Gasteiger partial charge in [0.2, 0.25) is 11.8 Å². The summed E-state index contributed by atoms with van der Waals surface area (Å²) in [5, 5.41) is 15.9. The number of aryl methyl sites for hydroxylation is 1. The van der Waals surface area contributed by atoms with Gasteiger partial charge < -0.3 is 29.5 Å². The predicted octanol–water partition coefficient (Wildman–Crippen LogP) is 2.85. The van der Waals surface area contributed by atoms with Crippen LogP contribution in [0.15, 0.2) is 22.2 Å². The van der Waals surface area contributed by atoms with Crippen molar-refractivity contribution in [1.82, 2.24) is 20.3 Å². The topological polar surface area (TPSA) is 142 Å². The Hall–Kier alpha value is -3.37. The number of amides is 3. The first-order valence-electron chi connectivity index (χ1n) is 12.8. The highest BCUT2D eigenvalue weighted by atomic mass is 16.6. The van der Waals surface area contributed by atoms with Gasteiger partial charge in [0.15, 0.2) is 5.76 Å². The normalized spacial score (nSPS) is 19.1. The van der Waals surface area contributed by atoms with Crippen LogP contribution in [-0.2, 0) is 19.1 Å². The summed E-state index contributed by atoms with van der Waals surface area (Å²) in [6.07, 6.45) is 4.67. The SMILES string of the molecule is Cc1cc([C@H](CNC(=O)[C@@H]2CCCN(C(=O)CCC3=CCN(C(=O)OC(C)(C)C)CC3)C2)C(=O)O)on1. The fourth-order valence-electron chi connectivity index (χ4n) is 4.48. The quantitative estimate of drug-likeness (QED) is 0.500. The molecular formula is C26H38N4O7. The Morgan fingerprint density at radius 2 is 2.00 bits per heavy atom. The zero-order chi connectivity index (χ0) is 27.2. The molecule has 0 aromatic carbocycles. The Morgan fingerprint density at radius 3 is 2.59 bits per heavy atom. The predicted molar refractivity (Wildman–Crippen MR) is 134 cm³/mol. The zero-order valence-electron chi connectivity index (χ0n) is 22.1. The monoisotopic (exact) mass is 518 g/mol. The fourth-order valence-corrected chi connectivity index (χ4v) is 4.48. The molecule has 1 saturated heterocycles. The molecule has 1 fully saturated rings. The Balaban J connectivity index is 1.44. The smallest absolute Gasteiger partial charge is 0.410 e. The molecule has 3 rings (SSSR count). The van der Waals surface area contributed by atoms with Crippen LogP contribution in [0.3, 0.4) is 0 Å². The molecule has 3 amide bonds. The number of piperidine rings is 1. The van der Waals surface area contributed by atoms with E-state index in [0.29, 0.717) is 64.0 Å². The largest absolute Gasteiger partial charge is 0.481 e. The first kappa shape index (κ1) is 28.2. The second-order valence-electron chi connectivity index (χ2n) is 10.7. The van der Waals surface area contributed by atoms with E-state index >= 15 is 0 Å². The van der Waals surface area contributed by atoms with Crippen LogP contribution in [0, 0.1) is 12.8 Å². The van der Waals surface area contributed by atoms with Crippen molar-refractivity contribution < 1.29 is 33.5 Å². The first-order valence-corrected chi connectivity index (χ1v) is 12.8. The van der Waals surface area contributed by atoms with Crippen LogP contribution in [0.2, 0.25) is 0 Å². The lowest BCUT2D eigenvalue weighted by molar-refractivity contribution is -0.139. The van der Waals surface area contributed by atoms with E-state index in [4.69, 9.17) is 9.26 Å². The molecule has 0 saturated carbocycles. The number of hydrogen-bond donors (Lipinski definition) is 2. The minimum Gasteiger partial charge on any atom is -0.481 e. The number of carboxylic acid groups (broad SMARTS) is 1. The van der Waals surface area contributed by atoms with Crippen LogP contribution in [-0.4, -0.2) is 82.3 Å². The van der Waals surface area contributed by atoms with Crippen LogP contribution in [0.1, 0.15) is 70.2 Å². The number of likely N-dealkylation sites (tertiary alicyclic amines) is 1. The van der Waals surface area contributed by atoms with Gasteiger partial charge in [0, 0.05) is 45.2 Å². The van der Waals surface area contributed by atoms with Gasteiger partial charge >= 0.3 is 12.1 Å². The number of rotatable bonds is 8. The van der Waals surface area contributed by atoms with Crippen LogP contribution < -0.4 is 5.32 Å². The van der Waals surface area contributed by atoms with Crippen LogP contribution in [0.5, 0.6) is 0 Å². The van der Waals surface area contributed by atoms with E-state index in [1.807, 2.05) is 26.8 Å². The molecule has 1 aromatic rings. The maximum atomic E-state index is 12.9. The number of carboxylic acids is 1. The Labute approximate surface area is 217 Å². The van der Waals surface area contributed by atoms with Crippen molar-refractivity contribution in [1.29, 1.82) is 0 Å². The number of aromatic nitrogens is 1. The average Bonchev–Trinajstić information content (AvgIpc) is 3.27. The van der Waals surface area contributed by atoms with Crippen molar-refractivity contribution in [3.63, 3.8) is 0 Å². The molecule has 1 aromatic heterocycles. The van der Waals surface area contributed by atoms with Crippen LogP contribution >= 0.6 is 0 Å². The zero-order valence-corrected chi connectivity index (χ0v) is 22.1. The number of carbonyl (C=O) groups excluding carboxylic acids is 3. The van der Waals surface area contributed by atoms with Gasteiger partial charge in [-0.25, -0.2) is 4.79 Å². The number of ether oxygens (including phenoxy) is 1. The van der Waals surface area contributed by atoms with E-state index in [-0.39, 0.29) is 36.1 Å². The first-order chi connectivity index (χ1) is 17.4. The molecule has 11 heteroatoms. The molecule has 3 heterocycles. The maximum absolute atomic E-state index is 12.9. The molecule has 2 N–H and O–H groups in total. The molecule has 0 unspecified atom stereocenters. The summed E-state index contributed by atoms with van der Waals surface area (Å²) < 4.78 is 10.5. The number of nitrogens with zero attached hydrogens (tertiary/aromatic N) is 3. The van der Waals surface area contributed by atoms with E-state index in [0.717, 1.165) is 5.57 Å². The molecule has 204 valence electrons. The number of aliphatic carboxylic acids is 1. The minimum absolute atomic E-state index is 0.00600. The van der Waals surface area contributed by atoms with Crippen molar-refractivity contribution in [2.24, 2.45) is 5.92 Å². The van der Waals surface area contributed by atoms with Gasteiger partial charge in [-0.15, -0.1) is 0 Å².